The van der Waals surface area contributed by atoms with Crippen LogP contribution in [0.15, 0.2) is 29.2 Å². The molecule has 0 unspecified atom stereocenters. The van der Waals surface area contributed by atoms with Gasteiger partial charge in [-0.1, -0.05) is 0 Å². The molecule has 0 aliphatic carbocycles. The van der Waals surface area contributed by atoms with E-state index in [2.05, 4.69) is 0 Å². The summed E-state index contributed by atoms with van der Waals surface area (Å²) < 4.78 is 37.6. The maximum atomic E-state index is 12.8. The van der Waals surface area contributed by atoms with Gasteiger partial charge in [-0.2, -0.15) is 0 Å². The van der Waals surface area contributed by atoms with E-state index in [1.54, 1.807) is 4.90 Å². The first-order chi connectivity index (χ1) is 9.45. The van der Waals surface area contributed by atoms with Crippen molar-refractivity contribution in [3.05, 3.63) is 30.1 Å². The standard InChI is InChI=1S/C13H15ClFNO3S/c14-9-13(17)16-7-5-12(6-8-16)20(18,19)11-3-1-10(15)2-4-11/h1-4,12H,5-9H2. The Bertz CT molecular complexity index is 580. The lowest BCUT2D eigenvalue weighted by molar-refractivity contribution is -0.129. The van der Waals surface area contributed by atoms with Crippen molar-refractivity contribution in [2.45, 2.75) is 23.0 Å². The molecule has 1 fully saturated rings. The fourth-order valence-corrected chi connectivity index (χ4v) is 4.22. The number of sulfone groups is 1. The maximum Gasteiger partial charge on any atom is 0.237 e. The molecular weight excluding hydrogens is 305 g/mol. The van der Waals surface area contributed by atoms with Gasteiger partial charge in [-0.25, -0.2) is 12.8 Å². The normalized spacial score (nSPS) is 17.2. The Morgan fingerprint density at radius 3 is 2.30 bits per heavy atom. The van der Waals surface area contributed by atoms with E-state index in [1.165, 1.54) is 12.1 Å². The Balaban J connectivity index is 2.09. The monoisotopic (exact) mass is 319 g/mol. The average molecular weight is 320 g/mol. The first-order valence-corrected chi connectivity index (χ1v) is 8.36. The fraction of sp³-hybridized carbons (Fsp3) is 0.462. The third kappa shape index (κ3) is 3.12. The molecule has 1 amide bonds. The first-order valence-electron chi connectivity index (χ1n) is 6.28. The highest BCUT2D eigenvalue weighted by atomic mass is 35.5. The molecule has 1 aliphatic rings. The minimum Gasteiger partial charge on any atom is -0.342 e. The van der Waals surface area contributed by atoms with Gasteiger partial charge in [-0.05, 0) is 37.1 Å². The quantitative estimate of drug-likeness (QED) is 0.631. The van der Waals surface area contributed by atoms with Gasteiger partial charge >= 0.3 is 0 Å². The van der Waals surface area contributed by atoms with Crippen LogP contribution >= 0.6 is 11.6 Å². The zero-order chi connectivity index (χ0) is 14.8. The molecule has 0 atom stereocenters. The molecule has 1 heterocycles. The van der Waals surface area contributed by atoms with Crippen LogP contribution in [0, 0.1) is 5.82 Å². The van der Waals surface area contributed by atoms with Crippen LogP contribution in [0.4, 0.5) is 4.39 Å². The van der Waals surface area contributed by atoms with Crippen molar-refractivity contribution in [2.75, 3.05) is 19.0 Å². The number of rotatable bonds is 3. The van der Waals surface area contributed by atoms with Gasteiger partial charge in [0.1, 0.15) is 11.7 Å². The summed E-state index contributed by atoms with van der Waals surface area (Å²) in [5.41, 5.74) is 0. The minimum absolute atomic E-state index is 0.0879. The molecular formula is C13H15ClFNO3S. The largest absolute Gasteiger partial charge is 0.342 e. The SMILES string of the molecule is O=C(CCl)N1CCC(S(=O)(=O)c2ccc(F)cc2)CC1. The second kappa shape index (κ2) is 6.10. The lowest BCUT2D eigenvalue weighted by atomic mass is 10.1. The maximum absolute atomic E-state index is 12.8. The van der Waals surface area contributed by atoms with E-state index in [4.69, 9.17) is 11.6 Å². The number of amides is 1. The summed E-state index contributed by atoms with van der Waals surface area (Å²) in [4.78, 5) is 13.1. The van der Waals surface area contributed by atoms with E-state index in [1.807, 2.05) is 0 Å². The average Bonchev–Trinajstić information content (AvgIpc) is 2.47. The molecule has 2 rings (SSSR count). The Hall–Kier alpha value is -1.14. The van der Waals surface area contributed by atoms with Crippen molar-refractivity contribution in [1.29, 1.82) is 0 Å². The Morgan fingerprint density at radius 1 is 1.25 bits per heavy atom. The molecule has 0 radical (unpaired) electrons. The molecule has 0 saturated carbocycles. The summed E-state index contributed by atoms with van der Waals surface area (Å²) in [5, 5.41) is -0.535. The van der Waals surface area contributed by atoms with Gasteiger partial charge in [0.2, 0.25) is 5.91 Å². The van der Waals surface area contributed by atoms with Crippen molar-refractivity contribution in [1.82, 2.24) is 4.90 Å². The number of piperidine rings is 1. The smallest absolute Gasteiger partial charge is 0.237 e. The zero-order valence-corrected chi connectivity index (χ0v) is 12.3. The summed E-state index contributed by atoms with van der Waals surface area (Å²) in [6, 6.07) is 4.83. The summed E-state index contributed by atoms with van der Waals surface area (Å²) in [6.07, 6.45) is 0.755. The number of hydrogen-bond donors (Lipinski definition) is 0. The molecule has 1 aromatic carbocycles. The molecule has 0 aromatic heterocycles. The fourth-order valence-electron chi connectivity index (χ4n) is 2.32. The van der Waals surface area contributed by atoms with Gasteiger partial charge in [-0.3, -0.25) is 4.79 Å². The van der Waals surface area contributed by atoms with E-state index >= 15 is 0 Å². The summed E-state index contributed by atoms with van der Waals surface area (Å²) >= 11 is 5.48. The highest BCUT2D eigenvalue weighted by Crippen LogP contribution is 2.24. The zero-order valence-electron chi connectivity index (χ0n) is 10.8. The van der Waals surface area contributed by atoms with Gasteiger partial charge < -0.3 is 4.90 Å². The van der Waals surface area contributed by atoms with Crippen molar-refractivity contribution >= 4 is 27.3 Å². The van der Waals surface area contributed by atoms with Crippen LogP contribution in [-0.4, -0.2) is 43.4 Å². The van der Waals surface area contributed by atoms with E-state index < -0.39 is 20.9 Å². The topological polar surface area (TPSA) is 54.5 Å². The highest BCUT2D eigenvalue weighted by molar-refractivity contribution is 7.92. The molecule has 110 valence electrons. The predicted molar refractivity (Wildman–Crippen MR) is 73.9 cm³/mol. The van der Waals surface area contributed by atoms with Gasteiger partial charge in [0.15, 0.2) is 9.84 Å². The van der Waals surface area contributed by atoms with Gasteiger partial charge in [0.25, 0.3) is 0 Å². The summed E-state index contributed by atoms with van der Waals surface area (Å²) in [7, 11) is -3.47. The van der Waals surface area contributed by atoms with Crippen LogP contribution in [0.25, 0.3) is 0 Å². The van der Waals surface area contributed by atoms with Gasteiger partial charge in [-0.15, -0.1) is 11.6 Å². The molecule has 0 spiro atoms. The predicted octanol–water partition coefficient (Wildman–Crippen LogP) is 1.83. The van der Waals surface area contributed by atoms with Crippen LogP contribution in [0.2, 0.25) is 0 Å². The molecule has 1 aliphatic heterocycles. The van der Waals surface area contributed by atoms with Crippen LogP contribution in [-0.2, 0) is 14.6 Å². The van der Waals surface area contributed by atoms with Gasteiger partial charge in [0, 0.05) is 13.1 Å². The van der Waals surface area contributed by atoms with Gasteiger partial charge in [0.05, 0.1) is 10.1 Å². The number of nitrogens with zero attached hydrogens (tertiary/aromatic N) is 1. The van der Waals surface area contributed by atoms with Crippen molar-refractivity contribution < 1.29 is 17.6 Å². The lowest BCUT2D eigenvalue weighted by Crippen LogP contribution is -2.43. The molecule has 0 N–H and O–H groups in total. The molecule has 7 heteroatoms. The molecule has 0 bridgehead atoms. The number of benzene rings is 1. The third-order valence-electron chi connectivity index (χ3n) is 3.49. The van der Waals surface area contributed by atoms with Crippen LogP contribution < -0.4 is 0 Å². The van der Waals surface area contributed by atoms with Crippen LogP contribution in [0.1, 0.15) is 12.8 Å². The van der Waals surface area contributed by atoms with Crippen LogP contribution in [0.5, 0.6) is 0 Å². The van der Waals surface area contributed by atoms with Crippen molar-refractivity contribution in [2.24, 2.45) is 0 Å². The van der Waals surface area contributed by atoms with E-state index in [0.717, 1.165) is 12.1 Å². The molecule has 20 heavy (non-hydrogen) atoms. The first kappa shape index (κ1) is 15.3. The Kier molecular flexibility index (Phi) is 4.65. The number of carbonyl (C=O) groups is 1. The number of halogens is 2. The Labute approximate surface area is 122 Å². The number of hydrogen-bond acceptors (Lipinski definition) is 3. The van der Waals surface area contributed by atoms with Crippen molar-refractivity contribution in [3.63, 3.8) is 0 Å². The van der Waals surface area contributed by atoms with E-state index in [9.17, 15) is 17.6 Å². The number of likely N-dealkylation sites (tertiary alicyclic amines) is 1. The third-order valence-corrected chi connectivity index (χ3v) is 6.00. The minimum atomic E-state index is -3.47. The second-order valence-corrected chi connectivity index (χ2v) is 7.21. The highest BCUT2D eigenvalue weighted by Gasteiger charge is 2.32. The summed E-state index contributed by atoms with van der Waals surface area (Å²) in [6.45, 7) is 0.771. The Morgan fingerprint density at radius 2 is 1.80 bits per heavy atom. The van der Waals surface area contributed by atoms with Crippen LogP contribution in [0.3, 0.4) is 0 Å². The second-order valence-electron chi connectivity index (χ2n) is 4.71. The van der Waals surface area contributed by atoms with E-state index in [-0.39, 0.29) is 16.7 Å². The molecule has 1 aromatic rings. The lowest BCUT2D eigenvalue weighted by Gasteiger charge is -2.31. The number of alkyl halides is 1. The summed E-state index contributed by atoms with van der Waals surface area (Å²) in [5.74, 6) is -0.731. The van der Waals surface area contributed by atoms with E-state index in [0.29, 0.717) is 25.9 Å². The van der Waals surface area contributed by atoms with Crippen molar-refractivity contribution in [3.8, 4) is 0 Å². The molecule has 4 nitrogen and oxygen atoms in total. The number of carbonyl (C=O) groups excluding carboxylic acids is 1. The molecule has 1 saturated heterocycles.